The molecular weight excluding hydrogens is 1160 g/mol. The molecule has 1 aromatic carbocycles. The number of halogens is 1. The highest BCUT2D eigenvalue weighted by Crippen LogP contribution is 2.46. The Bertz CT molecular complexity index is 3320. The van der Waals surface area contributed by atoms with Gasteiger partial charge in [-0.1, -0.05) is 6.92 Å². The maximum absolute atomic E-state index is 15.4. The van der Waals surface area contributed by atoms with Gasteiger partial charge in [-0.05, 0) is 48.9 Å². The van der Waals surface area contributed by atoms with Crippen LogP contribution in [-0.4, -0.2) is 214 Å². The number of morpholine rings is 1. The first kappa shape index (κ1) is 65.4. The first-order valence-corrected chi connectivity index (χ1v) is 28.7. The lowest BCUT2D eigenvalue weighted by atomic mass is 9.81. The molecule has 474 valence electrons. The largest absolute Gasteiger partial charge is 0.458 e. The van der Waals surface area contributed by atoms with Crippen LogP contribution in [0.15, 0.2) is 29.1 Å². The van der Waals surface area contributed by atoms with Gasteiger partial charge in [-0.15, -0.1) is 0 Å². The quantitative estimate of drug-likeness (QED) is 0.0137. The van der Waals surface area contributed by atoms with Crippen LogP contribution >= 0.6 is 0 Å². The van der Waals surface area contributed by atoms with Crippen molar-refractivity contribution in [2.75, 3.05) is 118 Å². The van der Waals surface area contributed by atoms with Crippen LogP contribution in [0.25, 0.3) is 22.3 Å². The van der Waals surface area contributed by atoms with Crippen molar-refractivity contribution in [1.29, 1.82) is 0 Å². The number of pyridine rings is 2. The number of amides is 10. The smallest absolute Gasteiger partial charge is 0.343 e. The number of hydrogen-bond acceptors (Lipinski definition) is 20. The SMILES string of the molecule is CC[C@]1(O)C(=O)OCc2c1cc1n(c2=O)Cc2c-1nc1cc(F)c(C)c3c1c2[C@H](NC(=O)[C@H]1CN(C(=O)CNC(=O)CNC(=O)CNC(=O)CNC(=O)CNC(=O)CCOCCOCCOCCOCCNC(=O)CCN2C(=O)C=CC2=O)CCO1)CC3. The minimum absolute atomic E-state index is 0.00466. The van der Waals surface area contributed by atoms with Gasteiger partial charge < -0.3 is 80.2 Å². The molecule has 31 heteroatoms. The summed E-state index contributed by atoms with van der Waals surface area (Å²) in [7, 11) is 0. The summed E-state index contributed by atoms with van der Waals surface area (Å²) >= 11 is 0. The minimum atomic E-state index is -2.07. The fourth-order valence-corrected chi connectivity index (χ4v) is 10.5. The number of aliphatic hydroxyl groups is 1. The predicted molar refractivity (Wildman–Crippen MR) is 301 cm³/mol. The zero-order chi connectivity index (χ0) is 63.1. The van der Waals surface area contributed by atoms with Gasteiger partial charge in [-0.25, -0.2) is 14.2 Å². The van der Waals surface area contributed by atoms with E-state index in [-0.39, 0.29) is 122 Å². The lowest BCUT2D eigenvalue weighted by Gasteiger charge is -2.34. The van der Waals surface area contributed by atoms with E-state index < -0.39 is 121 Å². The summed E-state index contributed by atoms with van der Waals surface area (Å²) in [6.07, 6.45) is 1.79. The number of hydrogen-bond donors (Lipinski definition) is 8. The van der Waals surface area contributed by atoms with E-state index >= 15 is 4.39 Å². The summed E-state index contributed by atoms with van der Waals surface area (Å²) in [4.78, 5) is 158. The second-order valence-electron chi connectivity index (χ2n) is 21.0. The number of aryl methyl sites for hydroxylation is 1. The highest BCUT2D eigenvalue weighted by Gasteiger charge is 2.46. The van der Waals surface area contributed by atoms with Crippen LogP contribution in [0.5, 0.6) is 0 Å². The van der Waals surface area contributed by atoms with Gasteiger partial charge in [0.25, 0.3) is 23.3 Å². The van der Waals surface area contributed by atoms with Crippen molar-refractivity contribution in [2.24, 2.45) is 0 Å². The number of aromatic nitrogens is 2. The number of carbonyl (C=O) groups is 11. The third-order valence-electron chi connectivity index (χ3n) is 15.2. The van der Waals surface area contributed by atoms with Gasteiger partial charge in [0.15, 0.2) is 11.7 Å². The number of fused-ring (bicyclic) bond motifs is 5. The summed E-state index contributed by atoms with van der Waals surface area (Å²) in [6.45, 7) is 2.52. The van der Waals surface area contributed by atoms with E-state index in [0.717, 1.165) is 17.1 Å². The van der Waals surface area contributed by atoms with Crippen LogP contribution in [-0.2, 0) is 106 Å². The van der Waals surface area contributed by atoms with E-state index in [1.54, 1.807) is 19.9 Å². The fraction of sp³-hybridized carbons (Fsp3) is 0.526. The molecule has 1 fully saturated rings. The van der Waals surface area contributed by atoms with E-state index in [2.05, 4.69) is 37.2 Å². The zero-order valence-corrected chi connectivity index (χ0v) is 48.6. The molecule has 2 aromatic heterocycles. The van der Waals surface area contributed by atoms with Crippen LogP contribution in [0.1, 0.15) is 72.0 Å². The van der Waals surface area contributed by atoms with Crippen molar-refractivity contribution in [3.63, 3.8) is 0 Å². The number of rotatable bonds is 31. The monoisotopic (exact) mass is 1230 g/mol. The summed E-state index contributed by atoms with van der Waals surface area (Å²) in [6, 6.07) is 2.19. The zero-order valence-electron chi connectivity index (χ0n) is 48.6. The van der Waals surface area contributed by atoms with Gasteiger partial charge in [-0.3, -0.25) is 57.6 Å². The molecule has 6 heterocycles. The van der Waals surface area contributed by atoms with Gasteiger partial charge in [-0.2, -0.15) is 0 Å². The molecule has 1 aliphatic carbocycles. The van der Waals surface area contributed by atoms with Gasteiger partial charge in [0.05, 0.1) is 134 Å². The van der Waals surface area contributed by atoms with Crippen LogP contribution in [0.4, 0.5) is 4.39 Å². The molecule has 4 aliphatic heterocycles. The molecular formula is C57H70FN11O19. The first-order valence-electron chi connectivity index (χ1n) is 28.7. The van der Waals surface area contributed by atoms with E-state index in [1.165, 1.54) is 15.5 Å². The highest BCUT2D eigenvalue weighted by atomic mass is 19.1. The molecule has 5 aliphatic rings. The van der Waals surface area contributed by atoms with Crippen molar-refractivity contribution in [2.45, 2.75) is 76.9 Å². The van der Waals surface area contributed by atoms with Crippen molar-refractivity contribution >= 4 is 75.9 Å². The molecule has 0 radical (unpaired) electrons. The first-order chi connectivity index (χ1) is 42.3. The number of ether oxygens (including phenoxy) is 6. The number of imide groups is 1. The Morgan fingerprint density at radius 3 is 1.93 bits per heavy atom. The van der Waals surface area contributed by atoms with Crippen LogP contribution in [0, 0.1) is 12.7 Å². The molecule has 0 bridgehead atoms. The molecule has 10 amide bonds. The minimum Gasteiger partial charge on any atom is -0.458 e. The van der Waals surface area contributed by atoms with Gasteiger partial charge in [0.2, 0.25) is 41.4 Å². The molecule has 8 rings (SSSR count). The van der Waals surface area contributed by atoms with E-state index in [0.29, 0.717) is 70.6 Å². The Kier molecular flexibility index (Phi) is 22.5. The number of carbonyl (C=O) groups excluding carboxylic acids is 11. The third-order valence-corrected chi connectivity index (χ3v) is 15.2. The molecule has 3 aromatic rings. The van der Waals surface area contributed by atoms with E-state index in [1.807, 2.05) is 0 Å². The fourth-order valence-electron chi connectivity index (χ4n) is 10.5. The molecule has 8 N–H and O–H groups in total. The Balaban J connectivity index is 0.655. The van der Waals surface area contributed by atoms with Crippen molar-refractivity contribution in [3.8, 4) is 11.4 Å². The highest BCUT2D eigenvalue weighted by molar-refractivity contribution is 6.13. The van der Waals surface area contributed by atoms with Crippen molar-refractivity contribution in [1.82, 2.24) is 56.6 Å². The maximum Gasteiger partial charge on any atom is 0.343 e. The Labute approximate surface area is 502 Å². The standard InChI is InChI=1S/C57H70FN11O19/c1-3-57(82)36-22-40-53-34(29-69(40)55(80)35(36)31-88-56(57)81)52-38(5-4-33-32(2)37(58)23-39(65-53)51(33)52)66-54(79)41-30-67(12-15-87-41)50(78)28-64-47(75)27-63-46(74)26-62-45(73)25-61-44(72)24-60-43(71)9-13-83-16-18-85-20-21-86-19-17-84-14-10-59-42(70)8-11-68-48(76)6-7-49(68)77/h6-7,22-23,38,41,82H,3-5,8-21,24-31H2,1-2H3,(H,59,70)(H,60,71)(H,61,72)(H,62,73)(H,63,74)(H,64,75)(H,66,79)/t38-,41-,57-/m1/s1. The summed E-state index contributed by atoms with van der Waals surface area (Å²) < 4.78 is 49.5. The maximum atomic E-state index is 15.4. The molecule has 0 saturated carbocycles. The number of esters is 1. The average molecular weight is 1230 g/mol. The number of cyclic esters (lactones) is 1. The Hall–Kier alpha value is -8.62. The lowest BCUT2D eigenvalue weighted by molar-refractivity contribution is -0.172. The predicted octanol–water partition coefficient (Wildman–Crippen LogP) is -3.67. The van der Waals surface area contributed by atoms with Crippen LogP contribution in [0.2, 0.25) is 0 Å². The second kappa shape index (κ2) is 30.3. The summed E-state index contributed by atoms with van der Waals surface area (Å²) in [5.74, 6) is -7.03. The normalized spacial score (nSPS) is 18.0. The molecule has 30 nitrogen and oxygen atoms in total. The number of benzene rings is 1. The van der Waals surface area contributed by atoms with Gasteiger partial charge >= 0.3 is 5.97 Å². The van der Waals surface area contributed by atoms with E-state index in [9.17, 15) is 62.6 Å². The molecule has 3 atom stereocenters. The molecule has 0 unspecified atom stereocenters. The summed E-state index contributed by atoms with van der Waals surface area (Å²) in [5.41, 5.74) is 1.01. The van der Waals surface area contributed by atoms with E-state index in [4.69, 9.17) is 33.4 Å². The average Bonchev–Trinajstić information content (AvgIpc) is 1.49. The Morgan fingerprint density at radius 2 is 1.31 bits per heavy atom. The van der Waals surface area contributed by atoms with Crippen molar-refractivity contribution < 1.29 is 90.7 Å². The number of nitrogens with zero attached hydrogens (tertiary/aromatic N) is 4. The Morgan fingerprint density at radius 1 is 0.727 bits per heavy atom. The van der Waals surface area contributed by atoms with Crippen molar-refractivity contribution in [3.05, 3.63) is 73.8 Å². The molecule has 88 heavy (non-hydrogen) atoms. The van der Waals surface area contributed by atoms with Crippen LogP contribution < -0.4 is 42.8 Å². The molecule has 1 saturated heterocycles. The van der Waals surface area contributed by atoms with Gasteiger partial charge in [0.1, 0.15) is 12.4 Å². The third kappa shape index (κ3) is 16.1. The van der Waals surface area contributed by atoms with Crippen LogP contribution in [0.3, 0.4) is 0 Å². The number of nitrogens with one attached hydrogen (secondary N) is 7. The second-order valence-corrected chi connectivity index (χ2v) is 21.0. The lowest BCUT2D eigenvalue weighted by Crippen LogP contribution is -2.54. The summed E-state index contributed by atoms with van der Waals surface area (Å²) in [5, 5.41) is 29.4. The molecule has 0 spiro atoms. The van der Waals surface area contributed by atoms with Gasteiger partial charge in [0, 0.05) is 67.2 Å². The topological polar surface area (TPSA) is 389 Å².